The SMILES string of the molecule is Cc1nn(C)c(NC(=O)N[C@]2(C)CCS(=O)(=O)C2)c1-c1ccccc1. The number of aryl methyl sites for hydroxylation is 2. The molecule has 134 valence electrons. The number of urea groups is 1. The van der Waals surface area contributed by atoms with Gasteiger partial charge in [-0.2, -0.15) is 5.10 Å². The lowest BCUT2D eigenvalue weighted by atomic mass is 10.0. The quantitative estimate of drug-likeness (QED) is 0.874. The molecule has 2 aromatic rings. The number of hydrogen-bond acceptors (Lipinski definition) is 4. The van der Waals surface area contributed by atoms with E-state index < -0.39 is 21.4 Å². The van der Waals surface area contributed by atoms with Gasteiger partial charge in [0.2, 0.25) is 0 Å². The third-order valence-corrected chi connectivity index (χ3v) is 6.34. The van der Waals surface area contributed by atoms with Gasteiger partial charge in [-0.15, -0.1) is 0 Å². The lowest BCUT2D eigenvalue weighted by Gasteiger charge is -2.24. The molecule has 0 aliphatic carbocycles. The molecule has 0 saturated carbocycles. The van der Waals surface area contributed by atoms with Crippen molar-refractivity contribution in [2.45, 2.75) is 25.8 Å². The number of carbonyl (C=O) groups excluding carboxylic acids is 1. The molecule has 0 bridgehead atoms. The molecule has 1 fully saturated rings. The smallest absolute Gasteiger partial charge is 0.320 e. The largest absolute Gasteiger partial charge is 0.332 e. The number of benzene rings is 1. The fraction of sp³-hybridized carbons (Fsp3) is 0.412. The van der Waals surface area contributed by atoms with Crippen molar-refractivity contribution in [3.63, 3.8) is 0 Å². The molecule has 1 aliphatic rings. The van der Waals surface area contributed by atoms with Gasteiger partial charge in [0.25, 0.3) is 0 Å². The highest BCUT2D eigenvalue weighted by Gasteiger charge is 2.39. The van der Waals surface area contributed by atoms with Crippen molar-refractivity contribution in [2.24, 2.45) is 7.05 Å². The Morgan fingerprint density at radius 3 is 2.56 bits per heavy atom. The number of amides is 2. The molecule has 0 unspecified atom stereocenters. The summed E-state index contributed by atoms with van der Waals surface area (Å²) < 4.78 is 25.0. The number of aromatic nitrogens is 2. The van der Waals surface area contributed by atoms with E-state index in [9.17, 15) is 13.2 Å². The highest BCUT2D eigenvalue weighted by Crippen LogP contribution is 2.31. The molecule has 2 heterocycles. The summed E-state index contributed by atoms with van der Waals surface area (Å²) in [7, 11) is -1.33. The summed E-state index contributed by atoms with van der Waals surface area (Å²) in [5.41, 5.74) is 1.86. The molecule has 1 aromatic heterocycles. The van der Waals surface area contributed by atoms with E-state index in [1.807, 2.05) is 37.3 Å². The van der Waals surface area contributed by atoms with Crippen LogP contribution < -0.4 is 10.6 Å². The number of nitrogens with one attached hydrogen (secondary N) is 2. The normalized spacial score (nSPS) is 21.9. The number of anilines is 1. The number of carbonyl (C=O) groups is 1. The van der Waals surface area contributed by atoms with Crippen LogP contribution in [0.15, 0.2) is 30.3 Å². The lowest BCUT2D eigenvalue weighted by molar-refractivity contribution is 0.242. The Morgan fingerprint density at radius 2 is 1.96 bits per heavy atom. The first kappa shape index (κ1) is 17.5. The Bertz CT molecular complexity index is 905. The third-order valence-electron chi connectivity index (χ3n) is 4.44. The highest BCUT2D eigenvalue weighted by molar-refractivity contribution is 7.91. The van der Waals surface area contributed by atoms with E-state index in [1.54, 1.807) is 18.7 Å². The average molecular weight is 362 g/mol. The zero-order valence-electron chi connectivity index (χ0n) is 14.5. The molecule has 1 aromatic carbocycles. The second-order valence-electron chi connectivity index (χ2n) is 6.78. The minimum atomic E-state index is -3.09. The van der Waals surface area contributed by atoms with E-state index >= 15 is 0 Å². The van der Waals surface area contributed by atoms with Crippen LogP contribution in [-0.2, 0) is 16.9 Å². The van der Waals surface area contributed by atoms with Gasteiger partial charge in [0, 0.05) is 12.6 Å². The van der Waals surface area contributed by atoms with Crippen LogP contribution in [0.25, 0.3) is 11.1 Å². The summed E-state index contributed by atoms with van der Waals surface area (Å²) in [5.74, 6) is 0.637. The molecular formula is C17H22N4O3S. The Hall–Kier alpha value is -2.35. The van der Waals surface area contributed by atoms with Gasteiger partial charge in [-0.05, 0) is 25.8 Å². The fourth-order valence-corrected chi connectivity index (χ4v) is 5.37. The molecular weight excluding hydrogens is 340 g/mol. The van der Waals surface area contributed by atoms with Crippen molar-refractivity contribution in [3.05, 3.63) is 36.0 Å². The zero-order chi connectivity index (χ0) is 18.2. The van der Waals surface area contributed by atoms with Crippen LogP contribution in [0.5, 0.6) is 0 Å². The first-order chi connectivity index (χ1) is 11.7. The lowest BCUT2D eigenvalue weighted by Crippen LogP contribution is -2.48. The molecule has 2 amide bonds. The fourth-order valence-electron chi connectivity index (χ4n) is 3.27. The number of rotatable bonds is 3. The first-order valence-electron chi connectivity index (χ1n) is 8.08. The van der Waals surface area contributed by atoms with Crippen LogP contribution in [0.2, 0.25) is 0 Å². The van der Waals surface area contributed by atoms with Gasteiger partial charge in [-0.1, -0.05) is 30.3 Å². The van der Waals surface area contributed by atoms with Crippen molar-refractivity contribution < 1.29 is 13.2 Å². The molecule has 7 nitrogen and oxygen atoms in total. The van der Waals surface area contributed by atoms with Gasteiger partial charge in [0.15, 0.2) is 9.84 Å². The summed E-state index contributed by atoms with van der Waals surface area (Å²) >= 11 is 0. The van der Waals surface area contributed by atoms with Crippen molar-refractivity contribution in [1.29, 1.82) is 0 Å². The molecule has 3 rings (SSSR count). The highest BCUT2D eigenvalue weighted by atomic mass is 32.2. The Kier molecular flexibility index (Phi) is 4.32. The summed E-state index contributed by atoms with van der Waals surface area (Å²) in [4.78, 5) is 12.5. The number of nitrogens with zero attached hydrogens (tertiary/aromatic N) is 2. The Labute approximate surface area is 147 Å². The number of sulfone groups is 1. The average Bonchev–Trinajstić information content (AvgIpc) is 2.95. The van der Waals surface area contributed by atoms with Crippen LogP contribution in [0, 0.1) is 6.92 Å². The zero-order valence-corrected chi connectivity index (χ0v) is 15.4. The minimum Gasteiger partial charge on any atom is -0.332 e. The molecule has 0 spiro atoms. The second kappa shape index (κ2) is 6.18. The predicted molar refractivity (Wildman–Crippen MR) is 97.2 cm³/mol. The third kappa shape index (κ3) is 3.68. The first-order valence-corrected chi connectivity index (χ1v) is 9.90. The molecule has 1 atom stereocenters. The maximum atomic E-state index is 12.5. The van der Waals surface area contributed by atoms with Gasteiger partial charge in [0.1, 0.15) is 5.82 Å². The van der Waals surface area contributed by atoms with E-state index in [0.29, 0.717) is 12.2 Å². The maximum Gasteiger partial charge on any atom is 0.320 e. The van der Waals surface area contributed by atoms with Gasteiger partial charge in [-0.3, -0.25) is 10.00 Å². The van der Waals surface area contributed by atoms with E-state index in [1.165, 1.54) is 0 Å². The monoisotopic (exact) mass is 362 g/mol. The van der Waals surface area contributed by atoms with Crippen molar-refractivity contribution >= 4 is 21.7 Å². The van der Waals surface area contributed by atoms with E-state index in [4.69, 9.17) is 0 Å². The summed E-state index contributed by atoms with van der Waals surface area (Å²) in [6, 6.07) is 9.26. The van der Waals surface area contributed by atoms with Gasteiger partial charge < -0.3 is 5.32 Å². The van der Waals surface area contributed by atoms with Crippen molar-refractivity contribution in [3.8, 4) is 11.1 Å². The molecule has 0 radical (unpaired) electrons. The summed E-state index contributed by atoms with van der Waals surface area (Å²) in [5, 5.41) is 10.0. The minimum absolute atomic E-state index is 0.0383. The van der Waals surface area contributed by atoms with E-state index in [-0.39, 0.29) is 11.5 Å². The van der Waals surface area contributed by atoms with Crippen LogP contribution in [-0.4, -0.2) is 41.3 Å². The second-order valence-corrected chi connectivity index (χ2v) is 8.96. The van der Waals surface area contributed by atoms with Crippen LogP contribution in [0.3, 0.4) is 0 Å². The summed E-state index contributed by atoms with van der Waals surface area (Å²) in [6.07, 6.45) is 0.415. The van der Waals surface area contributed by atoms with Crippen molar-refractivity contribution in [2.75, 3.05) is 16.8 Å². The molecule has 1 aliphatic heterocycles. The van der Waals surface area contributed by atoms with Crippen LogP contribution >= 0.6 is 0 Å². The van der Waals surface area contributed by atoms with Crippen LogP contribution in [0.1, 0.15) is 19.0 Å². The van der Waals surface area contributed by atoms with E-state index in [2.05, 4.69) is 15.7 Å². The maximum absolute atomic E-state index is 12.5. The predicted octanol–water partition coefficient (Wildman–Crippen LogP) is 2.09. The van der Waals surface area contributed by atoms with Crippen LogP contribution in [0.4, 0.5) is 10.6 Å². The Balaban J connectivity index is 1.83. The molecule has 1 saturated heterocycles. The van der Waals surface area contributed by atoms with E-state index in [0.717, 1.165) is 16.8 Å². The molecule has 25 heavy (non-hydrogen) atoms. The van der Waals surface area contributed by atoms with Gasteiger partial charge in [0.05, 0.1) is 22.7 Å². The van der Waals surface area contributed by atoms with Gasteiger partial charge in [-0.25, -0.2) is 13.2 Å². The number of hydrogen-bond donors (Lipinski definition) is 2. The van der Waals surface area contributed by atoms with Crippen molar-refractivity contribution in [1.82, 2.24) is 15.1 Å². The molecule has 2 N–H and O–H groups in total. The Morgan fingerprint density at radius 1 is 1.28 bits per heavy atom. The summed E-state index contributed by atoms with van der Waals surface area (Å²) in [6.45, 7) is 3.64. The standard InChI is InChI=1S/C17H22N4O3S/c1-12-14(13-7-5-4-6-8-13)15(21(3)20-12)18-16(22)19-17(2)9-10-25(23,24)11-17/h4-8H,9-11H2,1-3H3,(H2,18,19,22)/t17-/m1/s1. The van der Waals surface area contributed by atoms with Gasteiger partial charge >= 0.3 is 6.03 Å². The topological polar surface area (TPSA) is 93.1 Å². The molecule has 8 heteroatoms.